The highest BCUT2D eigenvalue weighted by Crippen LogP contribution is 2.36. The largest absolute Gasteiger partial charge is 0.312 e. The van der Waals surface area contributed by atoms with E-state index in [-0.39, 0.29) is 12.0 Å². The molecule has 2 aliphatic heterocycles. The van der Waals surface area contributed by atoms with E-state index >= 15 is 0 Å². The van der Waals surface area contributed by atoms with Gasteiger partial charge in [0.25, 0.3) is 0 Å². The van der Waals surface area contributed by atoms with Crippen LogP contribution in [-0.4, -0.2) is 36.2 Å². The summed E-state index contributed by atoms with van der Waals surface area (Å²) in [6.45, 7) is 1.82. The lowest BCUT2D eigenvalue weighted by atomic mass is 9.80. The molecule has 2 unspecified atom stereocenters. The van der Waals surface area contributed by atoms with Crippen LogP contribution in [0.5, 0.6) is 0 Å². The van der Waals surface area contributed by atoms with Gasteiger partial charge in [0.15, 0.2) is 0 Å². The minimum Gasteiger partial charge on any atom is -0.312 e. The van der Waals surface area contributed by atoms with Crippen LogP contribution in [-0.2, 0) is 9.63 Å². The van der Waals surface area contributed by atoms with Gasteiger partial charge in [-0.2, -0.15) is 0 Å². The number of nitrogens with one attached hydrogen (secondary N) is 1. The Hall–Kier alpha value is -0.610. The smallest absolute Gasteiger partial charge is 0.248 e. The van der Waals surface area contributed by atoms with Crippen LogP contribution in [0.3, 0.4) is 0 Å². The summed E-state index contributed by atoms with van der Waals surface area (Å²) in [5.74, 6) is 0.830. The Bertz CT molecular complexity index is 272. The minimum atomic E-state index is 0.183. The normalized spacial score (nSPS) is 35.8. The number of carbonyl (C=O) groups excluding carboxylic acids is 1. The highest BCUT2D eigenvalue weighted by Gasteiger charge is 2.39. The van der Waals surface area contributed by atoms with Crippen LogP contribution >= 0.6 is 0 Å². The fraction of sp³-hybridized carbons (Fsp3) is 0.917. The summed E-state index contributed by atoms with van der Waals surface area (Å²) in [6.07, 6.45) is 6.98. The van der Waals surface area contributed by atoms with Crippen molar-refractivity contribution in [3.63, 3.8) is 0 Å². The molecule has 0 bridgehead atoms. The standard InChI is InChI=1S/C12H20N2O2/c15-12-7-11(9-3-1-4-9)16-14(12)8-10-5-2-6-13-10/h9-11,13H,1-8H2. The molecule has 3 aliphatic rings. The van der Waals surface area contributed by atoms with Gasteiger partial charge in [-0.1, -0.05) is 6.42 Å². The lowest BCUT2D eigenvalue weighted by Crippen LogP contribution is -2.38. The van der Waals surface area contributed by atoms with E-state index in [1.807, 2.05) is 0 Å². The number of hydrogen-bond acceptors (Lipinski definition) is 3. The maximum absolute atomic E-state index is 11.8. The Balaban J connectivity index is 1.53. The Labute approximate surface area is 96.3 Å². The summed E-state index contributed by atoms with van der Waals surface area (Å²) < 4.78 is 0. The molecular formula is C12H20N2O2. The van der Waals surface area contributed by atoms with Crippen LogP contribution < -0.4 is 5.32 Å². The molecule has 0 aromatic carbocycles. The molecule has 3 rings (SSSR count). The van der Waals surface area contributed by atoms with Crippen molar-refractivity contribution in [3.05, 3.63) is 0 Å². The number of hydroxylamine groups is 2. The van der Waals surface area contributed by atoms with Gasteiger partial charge in [0, 0.05) is 6.04 Å². The molecule has 4 heteroatoms. The molecule has 2 atom stereocenters. The van der Waals surface area contributed by atoms with E-state index in [0.29, 0.717) is 18.4 Å². The van der Waals surface area contributed by atoms with Crippen LogP contribution in [0, 0.1) is 5.92 Å². The van der Waals surface area contributed by atoms with Crippen LogP contribution in [0.2, 0.25) is 0 Å². The number of rotatable bonds is 3. The lowest BCUT2D eigenvalue weighted by Gasteiger charge is -2.30. The third-order valence-electron chi connectivity index (χ3n) is 4.14. The van der Waals surface area contributed by atoms with E-state index in [1.165, 1.54) is 32.1 Å². The molecule has 3 fully saturated rings. The molecule has 0 radical (unpaired) electrons. The molecular weight excluding hydrogens is 204 g/mol. The van der Waals surface area contributed by atoms with Gasteiger partial charge >= 0.3 is 0 Å². The second-order valence-electron chi connectivity index (χ2n) is 5.29. The van der Waals surface area contributed by atoms with E-state index in [1.54, 1.807) is 5.06 Å². The summed E-state index contributed by atoms with van der Waals surface area (Å²) in [4.78, 5) is 17.6. The molecule has 1 amide bonds. The summed E-state index contributed by atoms with van der Waals surface area (Å²) in [6, 6.07) is 0.448. The molecule has 1 N–H and O–H groups in total. The van der Waals surface area contributed by atoms with Crippen molar-refractivity contribution < 1.29 is 9.63 Å². The monoisotopic (exact) mass is 224 g/mol. The van der Waals surface area contributed by atoms with Gasteiger partial charge in [0.1, 0.15) is 0 Å². The van der Waals surface area contributed by atoms with Crippen molar-refractivity contribution in [3.8, 4) is 0 Å². The third kappa shape index (κ3) is 1.96. The second-order valence-corrected chi connectivity index (χ2v) is 5.29. The van der Waals surface area contributed by atoms with Gasteiger partial charge in [-0.25, -0.2) is 5.06 Å². The van der Waals surface area contributed by atoms with Crippen molar-refractivity contribution in [2.75, 3.05) is 13.1 Å². The van der Waals surface area contributed by atoms with Crippen LogP contribution in [0.15, 0.2) is 0 Å². The summed E-state index contributed by atoms with van der Waals surface area (Å²) >= 11 is 0. The van der Waals surface area contributed by atoms with Crippen molar-refractivity contribution >= 4 is 5.91 Å². The second kappa shape index (κ2) is 4.34. The SMILES string of the molecule is O=C1CC(C2CCC2)ON1CC1CCCN1. The number of hydrogen-bond donors (Lipinski definition) is 1. The first kappa shape index (κ1) is 10.5. The first-order valence-corrected chi connectivity index (χ1v) is 6.53. The highest BCUT2D eigenvalue weighted by atomic mass is 16.7. The maximum Gasteiger partial charge on any atom is 0.248 e. The van der Waals surface area contributed by atoms with Gasteiger partial charge in [-0.15, -0.1) is 0 Å². The zero-order chi connectivity index (χ0) is 11.0. The number of nitrogens with zero attached hydrogens (tertiary/aromatic N) is 1. The number of amides is 1. The maximum atomic E-state index is 11.8. The predicted octanol–water partition coefficient (Wildman–Crippen LogP) is 1.07. The summed E-state index contributed by atoms with van der Waals surface area (Å²) in [5, 5.41) is 5.02. The fourth-order valence-electron chi connectivity index (χ4n) is 2.86. The molecule has 16 heavy (non-hydrogen) atoms. The fourth-order valence-corrected chi connectivity index (χ4v) is 2.86. The highest BCUT2D eigenvalue weighted by molar-refractivity contribution is 5.77. The van der Waals surface area contributed by atoms with E-state index in [4.69, 9.17) is 4.84 Å². The molecule has 2 saturated heterocycles. The van der Waals surface area contributed by atoms with Crippen LogP contribution in [0.4, 0.5) is 0 Å². The summed E-state index contributed by atoms with van der Waals surface area (Å²) in [5.41, 5.74) is 0. The molecule has 0 spiro atoms. The van der Waals surface area contributed by atoms with Gasteiger partial charge in [0.2, 0.25) is 5.91 Å². The molecule has 0 aromatic rings. The minimum absolute atomic E-state index is 0.183. The quantitative estimate of drug-likeness (QED) is 0.779. The van der Waals surface area contributed by atoms with Crippen molar-refractivity contribution in [2.24, 2.45) is 5.92 Å². The molecule has 1 saturated carbocycles. The third-order valence-corrected chi connectivity index (χ3v) is 4.14. The Morgan fingerprint density at radius 1 is 1.31 bits per heavy atom. The van der Waals surface area contributed by atoms with Gasteiger partial charge in [-0.05, 0) is 38.1 Å². The molecule has 1 aliphatic carbocycles. The molecule has 2 heterocycles. The zero-order valence-corrected chi connectivity index (χ0v) is 9.65. The molecule has 0 aromatic heterocycles. The van der Waals surface area contributed by atoms with Crippen molar-refractivity contribution in [2.45, 2.75) is 50.7 Å². The van der Waals surface area contributed by atoms with Gasteiger partial charge in [-0.3, -0.25) is 9.63 Å². The summed E-state index contributed by atoms with van der Waals surface area (Å²) in [7, 11) is 0. The predicted molar refractivity (Wildman–Crippen MR) is 59.6 cm³/mol. The van der Waals surface area contributed by atoms with Crippen molar-refractivity contribution in [1.82, 2.24) is 10.4 Å². The lowest BCUT2D eigenvalue weighted by molar-refractivity contribution is -0.184. The van der Waals surface area contributed by atoms with Crippen molar-refractivity contribution in [1.29, 1.82) is 0 Å². The molecule has 4 nitrogen and oxygen atoms in total. The van der Waals surface area contributed by atoms with E-state index in [0.717, 1.165) is 13.1 Å². The van der Waals surface area contributed by atoms with Crippen LogP contribution in [0.25, 0.3) is 0 Å². The Morgan fingerprint density at radius 2 is 2.19 bits per heavy atom. The van der Waals surface area contributed by atoms with Gasteiger partial charge in [0.05, 0.1) is 19.1 Å². The number of carbonyl (C=O) groups is 1. The first-order chi connectivity index (χ1) is 7.83. The average molecular weight is 224 g/mol. The van der Waals surface area contributed by atoms with E-state index in [9.17, 15) is 4.79 Å². The molecule has 90 valence electrons. The Morgan fingerprint density at radius 3 is 2.81 bits per heavy atom. The van der Waals surface area contributed by atoms with E-state index < -0.39 is 0 Å². The zero-order valence-electron chi connectivity index (χ0n) is 9.65. The Kier molecular flexibility index (Phi) is 2.86. The van der Waals surface area contributed by atoms with Gasteiger partial charge < -0.3 is 5.32 Å². The average Bonchev–Trinajstić information content (AvgIpc) is 2.76. The van der Waals surface area contributed by atoms with Crippen LogP contribution in [0.1, 0.15) is 38.5 Å². The topological polar surface area (TPSA) is 41.6 Å². The van der Waals surface area contributed by atoms with E-state index in [2.05, 4.69) is 5.32 Å². The first-order valence-electron chi connectivity index (χ1n) is 6.53.